The van der Waals surface area contributed by atoms with Crippen LogP contribution < -0.4 is 5.73 Å². The minimum Gasteiger partial charge on any atom is -0.478 e. The fourth-order valence-electron chi connectivity index (χ4n) is 0.526. The number of carbonyl (C=O) groups is 1. The Morgan fingerprint density at radius 1 is 1.57 bits per heavy atom. The Balaban J connectivity index is 0. The first-order chi connectivity index (χ1) is 6.12. The molecule has 0 heterocycles. The summed E-state index contributed by atoms with van der Waals surface area (Å²) in [7, 11) is 0. The largest absolute Gasteiger partial charge is 0.478 e. The van der Waals surface area contributed by atoms with Crippen molar-refractivity contribution < 1.29 is 9.90 Å². The molecule has 0 aliphatic carbocycles. The van der Waals surface area contributed by atoms with Crippen LogP contribution in [-0.2, 0) is 4.79 Å². The molecule has 14 heavy (non-hydrogen) atoms. The maximum Gasteiger partial charge on any atom is 0.330 e. The van der Waals surface area contributed by atoms with Crippen molar-refractivity contribution in [2.45, 2.75) is 46.6 Å². The number of carboxylic acid groups (broad SMARTS) is 1. The molecule has 0 rings (SSSR count). The number of carboxylic acids is 1. The van der Waals surface area contributed by atoms with Gasteiger partial charge in [0.15, 0.2) is 0 Å². The van der Waals surface area contributed by atoms with Gasteiger partial charge in [0.2, 0.25) is 0 Å². The summed E-state index contributed by atoms with van der Waals surface area (Å²) in [5, 5.41) is 7.89. The summed E-state index contributed by atoms with van der Waals surface area (Å²) in [6.07, 6.45) is 1.17. The number of aliphatic carboxylic acids is 1. The Bertz CT molecular complexity index is 180. The number of nitrogens with two attached hydrogens (primary N) is 1. The molecular formula is C11H23NO2. The highest BCUT2D eigenvalue weighted by Crippen LogP contribution is 2.14. The number of rotatable bonds is 3. The van der Waals surface area contributed by atoms with Crippen molar-refractivity contribution in [2.75, 3.05) is 0 Å². The van der Waals surface area contributed by atoms with E-state index in [9.17, 15) is 4.79 Å². The van der Waals surface area contributed by atoms with Crippen molar-refractivity contribution in [3.8, 4) is 0 Å². The van der Waals surface area contributed by atoms with Gasteiger partial charge in [-0.3, -0.25) is 0 Å². The van der Waals surface area contributed by atoms with E-state index >= 15 is 0 Å². The summed E-state index contributed by atoms with van der Waals surface area (Å²) >= 11 is 0. The van der Waals surface area contributed by atoms with Gasteiger partial charge in [-0.25, -0.2) is 4.79 Å². The molecule has 0 aromatic rings. The highest BCUT2D eigenvalue weighted by molar-refractivity contribution is 5.84. The SMILES string of the molecule is C=C(C)C(=O)O.CCC(C)C(C)(C)N. The molecule has 0 radical (unpaired) electrons. The van der Waals surface area contributed by atoms with E-state index in [0.717, 1.165) is 0 Å². The molecular weight excluding hydrogens is 178 g/mol. The van der Waals surface area contributed by atoms with Crippen LogP contribution >= 0.6 is 0 Å². The van der Waals surface area contributed by atoms with Gasteiger partial charge in [-0.2, -0.15) is 0 Å². The quantitative estimate of drug-likeness (QED) is 0.689. The van der Waals surface area contributed by atoms with E-state index in [0.29, 0.717) is 5.92 Å². The first-order valence-electron chi connectivity index (χ1n) is 4.80. The summed E-state index contributed by atoms with van der Waals surface area (Å²) in [5.41, 5.74) is 5.97. The predicted molar refractivity (Wildman–Crippen MR) is 60.2 cm³/mol. The van der Waals surface area contributed by atoms with Crippen LogP contribution in [0.4, 0.5) is 0 Å². The zero-order chi connectivity index (χ0) is 11.9. The van der Waals surface area contributed by atoms with Crippen molar-refractivity contribution in [3.63, 3.8) is 0 Å². The molecule has 84 valence electrons. The van der Waals surface area contributed by atoms with Crippen LogP contribution in [0.15, 0.2) is 12.2 Å². The van der Waals surface area contributed by atoms with Crippen molar-refractivity contribution >= 4 is 5.97 Å². The first-order valence-corrected chi connectivity index (χ1v) is 4.80. The Morgan fingerprint density at radius 2 is 1.86 bits per heavy atom. The molecule has 0 aliphatic heterocycles. The van der Waals surface area contributed by atoms with E-state index in [4.69, 9.17) is 10.8 Å². The molecule has 1 atom stereocenters. The summed E-state index contributed by atoms with van der Waals surface area (Å²) in [5.74, 6) is -0.308. The zero-order valence-corrected chi connectivity index (χ0v) is 9.92. The van der Waals surface area contributed by atoms with Crippen LogP contribution in [-0.4, -0.2) is 16.6 Å². The lowest BCUT2D eigenvalue weighted by Gasteiger charge is -2.25. The summed E-state index contributed by atoms with van der Waals surface area (Å²) < 4.78 is 0. The van der Waals surface area contributed by atoms with Crippen molar-refractivity contribution in [1.29, 1.82) is 0 Å². The van der Waals surface area contributed by atoms with Gasteiger partial charge in [0.05, 0.1) is 0 Å². The molecule has 0 saturated carbocycles. The third-order valence-electron chi connectivity index (χ3n) is 2.25. The van der Waals surface area contributed by atoms with Crippen molar-refractivity contribution in [1.82, 2.24) is 0 Å². The van der Waals surface area contributed by atoms with Gasteiger partial charge in [0, 0.05) is 11.1 Å². The second kappa shape index (κ2) is 6.60. The molecule has 1 unspecified atom stereocenters. The second-order valence-electron chi connectivity index (χ2n) is 4.22. The Morgan fingerprint density at radius 3 is 1.86 bits per heavy atom. The molecule has 0 aromatic heterocycles. The third-order valence-corrected chi connectivity index (χ3v) is 2.25. The highest BCUT2D eigenvalue weighted by Gasteiger charge is 2.17. The van der Waals surface area contributed by atoms with Gasteiger partial charge in [-0.1, -0.05) is 26.8 Å². The van der Waals surface area contributed by atoms with Crippen LogP contribution in [0.5, 0.6) is 0 Å². The fraction of sp³-hybridized carbons (Fsp3) is 0.727. The van der Waals surface area contributed by atoms with Crippen molar-refractivity contribution in [3.05, 3.63) is 12.2 Å². The standard InChI is InChI=1S/C7H17N.C4H6O2/c1-5-6(2)7(3,4)8;1-3(2)4(5)6/h6H,5,8H2,1-4H3;1H2,2H3,(H,5,6). The molecule has 0 fully saturated rings. The van der Waals surface area contributed by atoms with E-state index in [1.165, 1.54) is 13.3 Å². The maximum atomic E-state index is 9.60. The first kappa shape index (κ1) is 15.6. The third kappa shape index (κ3) is 9.26. The van der Waals surface area contributed by atoms with Gasteiger partial charge in [-0.05, 0) is 26.7 Å². The molecule has 3 heteroatoms. The minimum absolute atomic E-state index is 0.00868. The van der Waals surface area contributed by atoms with Gasteiger partial charge in [0.1, 0.15) is 0 Å². The molecule has 0 aliphatic rings. The van der Waals surface area contributed by atoms with Crippen molar-refractivity contribution in [2.24, 2.45) is 11.7 Å². The maximum absolute atomic E-state index is 9.60. The average molecular weight is 201 g/mol. The molecule has 0 saturated heterocycles. The summed E-state index contributed by atoms with van der Waals surface area (Å²) in [6, 6.07) is 0. The topological polar surface area (TPSA) is 63.3 Å². The van der Waals surface area contributed by atoms with Gasteiger partial charge in [-0.15, -0.1) is 0 Å². The second-order valence-corrected chi connectivity index (χ2v) is 4.22. The lowest BCUT2D eigenvalue weighted by Crippen LogP contribution is -2.38. The summed E-state index contributed by atoms with van der Waals surface area (Å²) in [4.78, 5) is 9.60. The average Bonchev–Trinajstić information content (AvgIpc) is 2.02. The fourth-order valence-corrected chi connectivity index (χ4v) is 0.526. The molecule has 0 spiro atoms. The Labute approximate surface area is 87.0 Å². The smallest absolute Gasteiger partial charge is 0.330 e. The molecule has 3 nitrogen and oxygen atoms in total. The lowest BCUT2D eigenvalue weighted by molar-refractivity contribution is -0.132. The van der Waals surface area contributed by atoms with E-state index < -0.39 is 5.97 Å². The van der Waals surface area contributed by atoms with Crippen LogP contribution in [0.2, 0.25) is 0 Å². The van der Waals surface area contributed by atoms with E-state index in [1.807, 2.05) is 0 Å². The number of hydrogen-bond donors (Lipinski definition) is 2. The van der Waals surface area contributed by atoms with Gasteiger partial charge >= 0.3 is 5.97 Å². The van der Waals surface area contributed by atoms with Crippen LogP contribution in [0, 0.1) is 5.92 Å². The normalized spacial score (nSPS) is 12.4. The molecule has 0 amide bonds. The van der Waals surface area contributed by atoms with Crippen LogP contribution in [0.3, 0.4) is 0 Å². The van der Waals surface area contributed by atoms with E-state index in [2.05, 4.69) is 34.3 Å². The van der Waals surface area contributed by atoms with Gasteiger partial charge in [0.25, 0.3) is 0 Å². The molecule has 0 aromatic carbocycles. The minimum atomic E-state index is -0.935. The monoisotopic (exact) mass is 201 g/mol. The predicted octanol–water partition coefficient (Wildman–Crippen LogP) is 2.42. The van der Waals surface area contributed by atoms with Crippen LogP contribution in [0.1, 0.15) is 41.0 Å². The van der Waals surface area contributed by atoms with E-state index in [-0.39, 0.29) is 11.1 Å². The number of hydrogen-bond acceptors (Lipinski definition) is 2. The van der Waals surface area contributed by atoms with Gasteiger partial charge < -0.3 is 10.8 Å². The molecule has 0 bridgehead atoms. The van der Waals surface area contributed by atoms with E-state index in [1.54, 1.807) is 0 Å². The zero-order valence-electron chi connectivity index (χ0n) is 9.92. The Hall–Kier alpha value is -0.830. The van der Waals surface area contributed by atoms with Crippen LogP contribution in [0.25, 0.3) is 0 Å². The Kier molecular flexibility index (Phi) is 7.37. The summed E-state index contributed by atoms with van der Waals surface area (Å²) in [6.45, 7) is 13.1. The lowest BCUT2D eigenvalue weighted by atomic mass is 9.88. The molecule has 3 N–H and O–H groups in total. The highest BCUT2D eigenvalue weighted by atomic mass is 16.4.